The molecule has 26 heavy (non-hydrogen) atoms. The Bertz CT molecular complexity index is 971. The molecule has 0 atom stereocenters. The Morgan fingerprint density at radius 1 is 1.08 bits per heavy atom. The second-order valence-corrected chi connectivity index (χ2v) is 7.07. The average molecular weight is 349 g/mol. The van der Waals surface area contributed by atoms with E-state index in [1.165, 1.54) is 24.0 Å². The van der Waals surface area contributed by atoms with Crippen LogP contribution in [0, 0.1) is 6.92 Å². The number of hydrogen-bond acceptors (Lipinski definition) is 4. The van der Waals surface area contributed by atoms with Crippen molar-refractivity contribution in [3.05, 3.63) is 75.6 Å². The fraction of sp³-hybridized carbons (Fsp3) is 0.318. The minimum Gasteiger partial charge on any atom is -0.497 e. The maximum absolute atomic E-state index is 12.0. The highest BCUT2D eigenvalue weighted by atomic mass is 16.5. The van der Waals surface area contributed by atoms with E-state index in [0.29, 0.717) is 17.4 Å². The van der Waals surface area contributed by atoms with Crippen LogP contribution in [0.5, 0.6) is 5.75 Å². The van der Waals surface area contributed by atoms with Gasteiger partial charge < -0.3 is 9.15 Å². The maximum atomic E-state index is 12.0. The molecule has 3 aromatic rings. The van der Waals surface area contributed by atoms with Gasteiger partial charge in [0.1, 0.15) is 11.3 Å². The van der Waals surface area contributed by atoms with Crippen molar-refractivity contribution in [3.63, 3.8) is 0 Å². The van der Waals surface area contributed by atoms with Crippen LogP contribution in [0.3, 0.4) is 0 Å². The molecule has 0 unspecified atom stereocenters. The first kappa shape index (κ1) is 16.9. The van der Waals surface area contributed by atoms with Crippen molar-refractivity contribution in [2.45, 2.75) is 38.9 Å². The molecule has 0 N–H and O–H groups in total. The van der Waals surface area contributed by atoms with Gasteiger partial charge in [-0.2, -0.15) is 0 Å². The van der Waals surface area contributed by atoms with E-state index in [1.54, 1.807) is 19.2 Å². The highest BCUT2D eigenvalue weighted by molar-refractivity contribution is 5.81. The van der Waals surface area contributed by atoms with Gasteiger partial charge in [0, 0.05) is 36.7 Å². The van der Waals surface area contributed by atoms with Gasteiger partial charge >= 0.3 is 5.63 Å². The monoisotopic (exact) mass is 349 g/mol. The number of nitrogens with zero attached hydrogens (tertiary/aromatic N) is 1. The fourth-order valence-corrected chi connectivity index (χ4v) is 3.37. The number of aryl methyl sites for hydroxylation is 1. The Balaban J connectivity index is 1.65. The SMILES string of the molecule is COc1ccc2c(CN(Cc3ccc(C)cc3)C3CC3)cc(=O)oc2c1. The molecule has 4 heteroatoms. The highest BCUT2D eigenvalue weighted by Gasteiger charge is 2.29. The van der Waals surface area contributed by atoms with Gasteiger partial charge in [-0.3, -0.25) is 4.90 Å². The number of methoxy groups -OCH3 is 1. The van der Waals surface area contributed by atoms with Crippen molar-refractivity contribution in [1.82, 2.24) is 4.90 Å². The molecule has 1 fully saturated rings. The summed E-state index contributed by atoms with van der Waals surface area (Å²) in [6.45, 7) is 3.74. The lowest BCUT2D eigenvalue weighted by Gasteiger charge is -2.23. The first-order chi connectivity index (χ1) is 12.6. The quantitative estimate of drug-likeness (QED) is 0.623. The molecule has 0 aliphatic heterocycles. The van der Waals surface area contributed by atoms with Crippen molar-refractivity contribution in [2.24, 2.45) is 0 Å². The molecule has 0 radical (unpaired) electrons. The van der Waals surface area contributed by atoms with Gasteiger partial charge in [0.15, 0.2) is 0 Å². The van der Waals surface area contributed by atoms with Gasteiger partial charge in [0.25, 0.3) is 0 Å². The molecule has 0 amide bonds. The van der Waals surface area contributed by atoms with Gasteiger partial charge in [-0.05, 0) is 43.0 Å². The lowest BCUT2D eigenvalue weighted by atomic mass is 10.1. The molecule has 4 rings (SSSR count). The summed E-state index contributed by atoms with van der Waals surface area (Å²) in [7, 11) is 1.61. The van der Waals surface area contributed by atoms with Crippen molar-refractivity contribution in [1.29, 1.82) is 0 Å². The third kappa shape index (κ3) is 3.65. The van der Waals surface area contributed by atoms with Crippen LogP contribution in [-0.2, 0) is 13.1 Å². The minimum absolute atomic E-state index is 0.313. The van der Waals surface area contributed by atoms with Crippen LogP contribution in [0.15, 0.2) is 57.7 Å². The Kier molecular flexibility index (Phi) is 4.51. The number of benzene rings is 2. The van der Waals surface area contributed by atoms with Gasteiger partial charge in [0.2, 0.25) is 0 Å². The van der Waals surface area contributed by atoms with Gasteiger partial charge in [-0.15, -0.1) is 0 Å². The van der Waals surface area contributed by atoms with Crippen LogP contribution < -0.4 is 10.4 Å². The summed E-state index contributed by atoms with van der Waals surface area (Å²) in [6, 6.07) is 16.6. The third-order valence-corrected chi connectivity index (χ3v) is 4.98. The van der Waals surface area contributed by atoms with Crippen LogP contribution in [0.4, 0.5) is 0 Å². The predicted octanol–water partition coefficient (Wildman–Crippen LogP) is 4.27. The molecule has 4 nitrogen and oxygen atoms in total. The summed E-state index contributed by atoms with van der Waals surface area (Å²) in [5.41, 5.74) is 3.85. The van der Waals surface area contributed by atoms with Gasteiger partial charge in [-0.25, -0.2) is 4.79 Å². The van der Waals surface area contributed by atoms with E-state index in [1.807, 2.05) is 12.1 Å². The summed E-state index contributed by atoms with van der Waals surface area (Å²) < 4.78 is 10.6. The molecular weight excluding hydrogens is 326 g/mol. The van der Waals surface area contributed by atoms with E-state index in [4.69, 9.17) is 9.15 Å². The van der Waals surface area contributed by atoms with Crippen molar-refractivity contribution < 1.29 is 9.15 Å². The van der Waals surface area contributed by atoms with E-state index >= 15 is 0 Å². The Morgan fingerprint density at radius 3 is 2.54 bits per heavy atom. The Morgan fingerprint density at radius 2 is 1.85 bits per heavy atom. The summed E-state index contributed by atoms with van der Waals surface area (Å²) in [5, 5.41) is 0.972. The zero-order valence-corrected chi connectivity index (χ0v) is 15.2. The standard InChI is InChI=1S/C22H23NO3/c1-15-3-5-16(6-4-15)13-23(18-7-8-18)14-17-11-22(24)26-21-12-19(25-2)9-10-20(17)21/h3-6,9-12,18H,7-8,13-14H2,1-2H3. The van der Waals surface area contributed by atoms with E-state index < -0.39 is 0 Å². The second-order valence-electron chi connectivity index (χ2n) is 7.07. The van der Waals surface area contributed by atoms with Crippen LogP contribution in [0.1, 0.15) is 29.5 Å². The van der Waals surface area contributed by atoms with Gasteiger partial charge in [-0.1, -0.05) is 29.8 Å². The van der Waals surface area contributed by atoms with E-state index in [9.17, 15) is 4.79 Å². The molecule has 2 aromatic carbocycles. The smallest absolute Gasteiger partial charge is 0.336 e. The van der Waals surface area contributed by atoms with Crippen molar-refractivity contribution >= 4 is 11.0 Å². The van der Waals surface area contributed by atoms with Crippen LogP contribution >= 0.6 is 0 Å². The van der Waals surface area contributed by atoms with Crippen LogP contribution in [-0.4, -0.2) is 18.1 Å². The molecule has 134 valence electrons. The number of rotatable bonds is 6. The molecule has 1 heterocycles. The summed E-state index contributed by atoms with van der Waals surface area (Å²) in [6.07, 6.45) is 2.44. The Labute approximate surface area is 153 Å². The Hall–Kier alpha value is -2.59. The third-order valence-electron chi connectivity index (χ3n) is 4.98. The zero-order chi connectivity index (χ0) is 18.1. The normalized spacial score (nSPS) is 14.1. The highest BCUT2D eigenvalue weighted by Crippen LogP contribution is 2.31. The molecule has 1 aromatic heterocycles. The fourth-order valence-electron chi connectivity index (χ4n) is 3.37. The first-order valence-corrected chi connectivity index (χ1v) is 9.03. The molecule has 0 saturated heterocycles. The number of ether oxygens (including phenoxy) is 1. The molecule has 0 spiro atoms. The molecule has 1 aliphatic rings. The minimum atomic E-state index is -0.313. The predicted molar refractivity (Wildman–Crippen MR) is 102 cm³/mol. The van der Waals surface area contributed by atoms with E-state index in [0.717, 1.165) is 24.0 Å². The molecule has 1 aliphatic carbocycles. The van der Waals surface area contributed by atoms with E-state index in [-0.39, 0.29) is 5.63 Å². The molecule has 0 bridgehead atoms. The van der Waals surface area contributed by atoms with Crippen molar-refractivity contribution in [2.75, 3.05) is 7.11 Å². The summed E-state index contributed by atoms with van der Waals surface area (Å²) in [4.78, 5) is 14.5. The average Bonchev–Trinajstić information content (AvgIpc) is 3.47. The number of fused-ring (bicyclic) bond motifs is 1. The lowest BCUT2D eigenvalue weighted by Crippen LogP contribution is -2.25. The molecule has 1 saturated carbocycles. The largest absolute Gasteiger partial charge is 0.497 e. The van der Waals surface area contributed by atoms with Crippen LogP contribution in [0.25, 0.3) is 11.0 Å². The summed E-state index contributed by atoms with van der Waals surface area (Å²) >= 11 is 0. The lowest BCUT2D eigenvalue weighted by molar-refractivity contribution is 0.246. The summed E-state index contributed by atoms with van der Waals surface area (Å²) in [5.74, 6) is 0.691. The zero-order valence-electron chi connectivity index (χ0n) is 15.2. The van der Waals surface area contributed by atoms with Crippen molar-refractivity contribution in [3.8, 4) is 5.75 Å². The van der Waals surface area contributed by atoms with E-state index in [2.05, 4.69) is 36.1 Å². The maximum Gasteiger partial charge on any atom is 0.336 e. The second kappa shape index (κ2) is 6.96. The first-order valence-electron chi connectivity index (χ1n) is 9.03. The molecular formula is C22H23NO3. The van der Waals surface area contributed by atoms with Crippen LogP contribution in [0.2, 0.25) is 0 Å². The topological polar surface area (TPSA) is 42.7 Å². The number of hydrogen-bond donors (Lipinski definition) is 0. The van der Waals surface area contributed by atoms with Gasteiger partial charge in [0.05, 0.1) is 7.11 Å².